The van der Waals surface area contributed by atoms with E-state index < -0.39 is 0 Å². The van der Waals surface area contributed by atoms with Crippen molar-refractivity contribution in [3.8, 4) is 0 Å². The Morgan fingerprint density at radius 2 is 1.95 bits per heavy atom. The molecule has 0 fully saturated rings. The first-order valence-electron chi connectivity index (χ1n) is 6.34. The first-order valence-corrected chi connectivity index (χ1v) is 6.34. The van der Waals surface area contributed by atoms with Gasteiger partial charge >= 0.3 is 0 Å². The van der Waals surface area contributed by atoms with Crippen molar-refractivity contribution in [2.45, 2.75) is 13.0 Å². The molecule has 1 aromatic rings. The van der Waals surface area contributed by atoms with Gasteiger partial charge in [0.05, 0.1) is 5.56 Å². The number of carbonyl (C=O) groups excluding carboxylic acids is 1. The van der Waals surface area contributed by atoms with Crippen molar-refractivity contribution in [2.24, 2.45) is 0 Å². The first-order chi connectivity index (χ1) is 8.82. The van der Waals surface area contributed by atoms with E-state index in [1.54, 1.807) is 12.1 Å². The van der Waals surface area contributed by atoms with Crippen molar-refractivity contribution in [1.82, 2.24) is 10.2 Å². The predicted octanol–water partition coefficient (Wildman–Crippen LogP) is 1.01. The van der Waals surface area contributed by atoms with E-state index in [0.717, 1.165) is 5.69 Å². The van der Waals surface area contributed by atoms with Gasteiger partial charge in [0, 0.05) is 38.1 Å². The molecule has 0 spiro atoms. The van der Waals surface area contributed by atoms with Gasteiger partial charge in [0.2, 0.25) is 0 Å². The summed E-state index contributed by atoms with van der Waals surface area (Å²) in [6.45, 7) is 2.67. The normalized spacial score (nSPS) is 12.3. The van der Waals surface area contributed by atoms with Gasteiger partial charge in [-0.15, -0.1) is 0 Å². The summed E-state index contributed by atoms with van der Waals surface area (Å²) in [6, 6.07) is 5.66. The quantitative estimate of drug-likeness (QED) is 0.779. The molecular weight excluding hydrogens is 240 g/mol. The van der Waals surface area contributed by atoms with Crippen LogP contribution >= 0.6 is 0 Å². The van der Waals surface area contributed by atoms with E-state index in [-0.39, 0.29) is 11.9 Å². The van der Waals surface area contributed by atoms with Crippen LogP contribution in [0.3, 0.4) is 0 Å². The molecule has 1 atom stereocenters. The summed E-state index contributed by atoms with van der Waals surface area (Å²) in [7, 11) is 7.79. The topological polar surface area (TPSA) is 61.6 Å². The van der Waals surface area contributed by atoms with Crippen LogP contribution in [0.5, 0.6) is 0 Å². The third-order valence-corrected chi connectivity index (χ3v) is 3.19. The summed E-state index contributed by atoms with van der Waals surface area (Å²) in [6.07, 6.45) is 0. The number of likely N-dealkylation sites (N-methyl/N-ethyl adjacent to an activating group) is 1. The number of nitrogen functional groups attached to an aromatic ring is 1. The van der Waals surface area contributed by atoms with Crippen molar-refractivity contribution < 1.29 is 4.79 Å². The number of nitrogens with one attached hydrogen (secondary N) is 1. The molecule has 0 bridgehead atoms. The Bertz CT molecular complexity index is 443. The standard InChI is InChI=1S/C14H24N4O/c1-10(17(2)3)9-16-14(19)12-8-11(15)6-7-13(12)18(4)5/h6-8,10H,9,15H2,1-5H3,(H,16,19). The number of carbonyl (C=O) groups is 1. The highest BCUT2D eigenvalue weighted by molar-refractivity contribution is 6.00. The Labute approximate surface area is 115 Å². The van der Waals surface area contributed by atoms with Crippen molar-refractivity contribution in [3.63, 3.8) is 0 Å². The Morgan fingerprint density at radius 3 is 2.47 bits per heavy atom. The van der Waals surface area contributed by atoms with Gasteiger partial charge in [0.25, 0.3) is 5.91 Å². The van der Waals surface area contributed by atoms with E-state index >= 15 is 0 Å². The smallest absolute Gasteiger partial charge is 0.253 e. The van der Waals surface area contributed by atoms with Gasteiger partial charge in [-0.3, -0.25) is 4.79 Å². The monoisotopic (exact) mass is 264 g/mol. The molecule has 3 N–H and O–H groups in total. The second-order valence-corrected chi connectivity index (χ2v) is 5.19. The number of rotatable bonds is 5. The molecule has 0 aliphatic rings. The minimum atomic E-state index is -0.0929. The molecule has 1 aromatic carbocycles. The number of nitrogens with zero attached hydrogens (tertiary/aromatic N) is 2. The van der Waals surface area contributed by atoms with Crippen molar-refractivity contribution in [1.29, 1.82) is 0 Å². The summed E-state index contributed by atoms with van der Waals surface area (Å²) in [5, 5.41) is 2.94. The lowest BCUT2D eigenvalue weighted by Crippen LogP contribution is -2.38. The van der Waals surface area contributed by atoms with Crippen LogP contribution in [0.15, 0.2) is 18.2 Å². The van der Waals surface area contributed by atoms with Crippen LogP contribution in [0.2, 0.25) is 0 Å². The Kier molecular flexibility index (Phi) is 5.18. The van der Waals surface area contributed by atoms with Crippen LogP contribution < -0.4 is 16.0 Å². The fraction of sp³-hybridized carbons (Fsp3) is 0.500. The molecule has 1 unspecified atom stereocenters. The minimum Gasteiger partial charge on any atom is -0.399 e. The molecule has 5 heteroatoms. The van der Waals surface area contributed by atoms with Crippen molar-refractivity contribution in [2.75, 3.05) is 45.4 Å². The third kappa shape index (κ3) is 4.13. The number of benzene rings is 1. The molecule has 106 valence electrons. The summed E-state index contributed by atoms with van der Waals surface area (Å²) in [4.78, 5) is 16.2. The molecule has 0 radical (unpaired) electrons. The highest BCUT2D eigenvalue weighted by Crippen LogP contribution is 2.21. The molecular formula is C14H24N4O. The number of hydrogen-bond acceptors (Lipinski definition) is 4. The minimum absolute atomic E-state index is 0.0929. The largest absolute Gasteiger partial charge is 0.399 e. The number of amides is 1. The van der Waals surface area contributed by atoms with E-state index in [0.29, 0.717) is 17.8 Å². The lowest BCUT2D eigenvalue weighted by atomic mass is 10.1. The molecule has 1 amide bonds. The highest BCUT2D eigenvalue weighted by Gasteiger charge is 2.14. The fourth-order valence-electron chi connectivity index (χ4n) is 1.64. The van der Waals surface area contributed by atoms with E-state index in [1.807, 2.05) is 39.2 Å². The average Bonchev–Trinajstić information content (AvgIpc) is 2.34. The highest BCUT2D eigenvalue weighted by atomic mass is 16.1. The zero-order valence-corrected chi connectivity index (χ0v) is 12.4. The molecule has 5 nitrogen and oxygen atoms in total. The molecule has 0 aliphatic carbocycles. The molecule has 0 heterocycles. The Morgan fingerprint density at radius 1 is 1.32 bits per heavy atom. The van der Waals surface area contributed by atoms with E-state index in [9.17, 15) is 4.79 Å². The van der Waals surface area contributed by atoms with Gasteiger partial charge in [0.15, 0.2) is 0 Å². The molecule has 0 aromatic heterocycles. The fourth-order valence-corrected chi connectivity index (χ4v) is 1.64. The number of anilines is 2. The zero-order valence-electron chi connectivity index (χ0n) is 12.4. The third-order valence-electron chi connectivity index (χ3n) is 3.19. The van der Waals surface area contributed by atoms with E-state index in [1.165, 1.54) is 0 Å². The summed E-state index contributed by atoms with van der Waals surface area (Å²) < 4.78 is 0. The first kappa shape index (κ1) is 15.3. The number of hydrogen-bond donors (Lipinski definition) is 2. The zero-order chi connectivity index (χ0) is 14.6. The molecule has 1 rings (SSSR count). The van der Waals surface area contributed by atoms with Crippen LogP contribution in [0.1, 0.15) is 17.3 Å². The summed E-state index contributed by atoms with van der Waals surface area (Å²) >= 11 is 0. The van der Waals surface area contributed by atoms with Gasteiger partial charge in [-0.2, -0.15) is 0 Å². The average molecular weight is 264 g/mol. The lowest BCUT2D eigenvalue weighted by molar-refractivity contribution is 0.0944. The van der Waals surface area contributed by atoms with Gasteiger partial charge in [-0.1, -0.05) is 0 Å². The van der Waals surface area contributed by atoms with Crippen molar-refractivity contribution >= 4 is 17.3 Å². The lowest BCUT2D eigenvalue weighted by Gasteiger charge is -2.21. The van der Waals surface area contributed by atoms with E-state index in [2.05, 4.69) is 17.1 Å². The van der Waals surface area contributed by atoms with Crippen LogP contribution in [-0.4, -0.2) is 51.6 Å². The molecule has 0 aliphatic heterocycles. The van der Waals surface area contributed by atoms with Gasteiger partial charge < -0.3 is 20.9 Å². The van der Waals surface area contributed by atoms with Crippen LogP contribution in [-0.2, 0) is 0 Å². The molecule has 0 saturated heterocycles. The second kappa shape index (κ2) is 6.43. The molecule has 0 saturated carbocycles. The maximum Gasteiger partial charge on any atom is 0.253 e. The van der Waals surface area contributed by atoms with Gasteiger partial charge in [-0.05, 0) is 39.2 Å². The van der Waals surface area contributed by atoms with Crippen LogP contribution in [0.4, 0.5) is 11.4 Å². The van der Waals surface area contributed by atoms with Gasteiger partial charge in [0.1, 0.15) is 0 Å². The van der Waals surface area contributed by atoms with Crippen LogP contribution in [0, 0.1) is 0 Å². The number of nitrogens with two attached hydrogens (primary N) is 1. The van der Waals surface area contributed by atoms with E-state index in [4.69, 9.17) is 5.73 Å². The molecule has 19 heavy (non-hydrogen) atoms. The van der Waals surface area contributed by atoms with Gasteiger partial charge in [-0.25, -0.2) is 0 Å². The van der Waals surface area contributed by atoms with Crippen molar-refractivity contribution in [3.05, 3.63) is 23.8 Å². The maximum absolute atomic E-state index is 12.2. The summed E-state index contributed by atoms with van der Waals surface area (Å²) in [5.74, 6) is -0.0929. The Balaban J connectivity index is 2.84. The summed E-state index contributed by atoms with van der Waals surface area (Å²) in [5.41, 5.74) is 7.83. The predicted molar refractivity (Wildman–Crippen MR) is 80.7 cm³/mol. The Hall–Kier alpha value is -1.75. The maximum atomic E-state index is 12.2. The SMILES string of the molecule is CC(CNC(=O)c1cc(N)ccc1N(C)C)N(C)C. The second-order valence-electron chi connectivity index (χ2n) is 5.19. The van der Waals surface area contributed by atoms with Crippen LogP contribution in [0.25, 0.3) is 0 Å².